The van der Waals surface area contributed by atoms with Gasteiger partial charge in [0.1, 0.15) is 11.7 Å². The van der Waals surface area contributed by atoms with Gasteiger partial charge in [-0.1, -0.05) is 23.7 Å². The van der Waals surface area contributed by atoms with Gasteiger partial charge in [0.05, 0.1) is 12.9 Å². The van der Waals surface area contributed by atoms with Gasteiger partial charge < -0.3 is 9.15 Å². The maximum Gasteiger partial charge on any atom is 0.317 e. The first-order valence-corrected chi connectivity index (χ1v) is 8.18. The lowest BCUT2D eigenvalue weighted by Crippen LogP contribution is -2.34. The summed E-state index contributed by atoms with van der Waals surface area (Å²) in [7, 11) is 0. The van der Waals surface area contributed by atoms with Crippen LogP contribution in [0.1, 0.15) is 30.6 Å². The highest BCUT2D eigenvalue weighted by Crippen LogP contribution is 2.40. The maximum absolute atomic E-state index is 12.6. The van der Waals surface area contributed by atoms with E-state index >= 15 is 0 Å². The molecule has 124 valence electrons. The van der Waals surface area contributed by atoms with E-state index in [2.05, 4.69) is 0 Å². The fourth-order valence-electron chi connectivity index (χ4n) is 3.07. The standard InChI is InChI=1S/C19H17ClO4/c1-2-23-19(22)18-15(12-5-3-6-14(20)9-12)10-13(11-16(18)21)17-7-4-8-24-17/h3-9,11,15,18H,2,10H2,1H3/t15-,18-/m1/s1. The summed E-state index contributed by atoms with van der Waals surface area (Å²) in [4.78, 5) is 25.0. The van der Waals surface area contributed by atoms with Gasteiger partial charge in [-0.25, -0.2) is 0 Å². The minimum absolute atomic E-state index is 0.236. The van der Waals surface area contributed by atoms with Gasteiger partial charge in [-0.15, -0.1) is 0 Å². The smallest absolute Gasteiger partial charge is 0.317 e. The number of benzene rings is 1. The Kier molecular flexibility index (Phi) is 4.86. The van der Waals surface area contributed by atoms with E-state index in [1.807, 2.05) is 12.1 Å². The molecule has 0 saturated carbocycles. The average Bonchev–Trinajstić information content (AvgIpc) is 3.08. The molecular formula is C19H17ClO4. The molecular weight excluding hydrogens is 328 g/mol. The zero-order valence-electron chi connectivity index (χ0n) is 13.2. The summed E-state index contributed by atoms with van der Waals surface area (Å²) >= 11 is 6.09. The first-order chi connectivity index (χ1) is 11.6. The monoisotopic (exact) mass is 344 g/mol. The summed E-state index contributed by atoms with van der Waals surface area (Å²) in [5.74, 6) is -1.32. The van der Waals surface area contributed by atoms with Crippen LogP contribution in [0.2, 0.25) is 5.02 Å². The Morgan fingerprint density at radius 1 is 1.33 bits per heavy atom. The quantitative estimate of drug-likeness (QED) is 0.614. The van der Waals surface area contributed by atoms with Crippen molar-refractivity contribution >= 4 is 28.9 Å². The van der Waals surface area contributed by atoms with Gasteiger partial charge in [0, 0.05) is 10.9 Å². The highest BCUT2D eigenvalue weighted by molar-refractivity contribution is 6.30. The fraction of sp³-hybridized carbons (Fsp3) is 0.263. The molecule has 0 unspecified atom stereocenters. The largest absolute Gasteiger partial charge is 0.465 e. The first-order valence-electron chi connectivity index (χ1n) is 7.80. The third-order valence-electron chi connectivity index (χ3n) is 4.12. The van der Waals surface area contributed by atoms with Crippen LogP contribution in [-0.4, -0.2) is 18.4 Å². The predicted octanol–water partition coefficient (Wildman–Crippen LogP) is 4.25. The number of ketones is 1. The van der Waals surface area contributed by atoms with Crippen molar-refractivity contribution < 1.29 is 18.7 Å². The molecule has 0 radical (unpaired) electrons. The highest BCUT2D eigenvalue weighted by Gasteiger charge is 2.40. The van der Waals surface area contributed by atoms with Crippen molar-refractivity contribution in [3.63, 3.8) is 0 Å². The lowest BCUT2D eigenvalue weighted by atomic mass is 9.74. The third kappa shape index (κ3) is 3.29. The van der Waals surface area contributed by atoms with Crippen LogP contribution in [0.4, 0.5) is 0 Å². The summed E-state index contributed by atoms with van der Waals surface area (Å²) in [6.45, 7) is 1.96. The van der Waals surface area contributed by atoms with Gasteiger partial charge in [-0.3, -0.25) is 9.59 Å². The van der Waals surface area contributed by atoms with Crippen molar-refractivity contribution in [1.82, 2.24) is 0 Å². The molecule has 0 bridgehead atoms. The second-order valence-electron chi connectivity index (χ2n) is 5.64. The summed E-state index contributed by atoms with van der Waals surface area (Å²) in [6, 6.07) is 10.8. The molecule has 0 spiro atoms. The molecule has 1 aliphatic carbocycles. The Morgan fingerprint density at radius 3 is 2.83 bits per heavy atom. The second kappa shape index (κ2) is 7.05. The number of ether oxygens (including phenoxy) is 1. The summed E-state index contributed by atoms with van der Waals surface area (Å²) in [5, 5.41) is 0.566. The van der Waals surface area contributed by atoms with E-state index in [1.54, 1.807) is 37.5 Å². The number of carbonyl (C=O) groups is 2. The zero-order valence-corrected chi connectivity index (χ0v) is 14.0. The summed E-state index contributed by atoms with van der Waals surface area (Å²) < 4.78 is 10.5. The van der Waals surface area contributed by atoms with Crippen LogP contribution >= 0.6 is 11.6 Å². The molecule has 2 atom stereocenters. The number of allylic oxidation sites excluding steroid dienone is 2. The van der Waals surface area contributed by atoms with E-state index < -0.39 is 11.9 Å². The normalized spacial score (nSPS) is 20.6. The third-order valence-corrected chi connectivity index (χ3v) is 4.36. The van der Waals surface area contributed by atoms with E-state index in [-0.39, 0.29) is 18.3 Å². The van der Waals surface area contributed by atoms with Gasteiger partial charge in [-0.2, -0.15) is 0 Å². The molecule has 1 heterocycles. The van der Waals surface area contributed by atoms with Crippen molar-refractivity contribution in [3.05, 3.63) is 65.1 Å². The molecule has 0 amide bonds. The van der Waals surface area contributed by atoms with Gasteiger partial charge >= 0.3 is 5.97 Å². The summed E-state index contributed by atoms with van der Waals surface area (Å²) in [5.41, 5.74) is 1.61. The number of esters is 1. The van der Waals surface area contributed by atoms with Crippen LogP contribution in [0.5, 0.6) is 0 Å². The zero-order chi connectivity index (χ0) is 17.1. The molecule has 0 saturated heterocycles. The van der Waals surface area contributed by atoms with E-state index in [1.165, 1.54) is 6.08 Å². The van der Waals surface area contributed by atoms with Crippen molar-refractivity contribution in [2.75, 3.05) is 6.61 Å². The minimum Gasteiger partial charge on any atom is -0.465 e. The highest BCUT2D eigenvalue weighted by atomic mass is 35.5. The van der Waals surface area contributed by atoms with E-state index in [0.29, 0.717) is 17.2 Å². The Labute approximate surface area is 145 Å². The number of furan rings is 1. The molecule has 1 aromatic heterocycles. The molecule has 0 fully saturated rings. The Morgan fingerprint density at radius 2 is 2.17 bits per heavy atom. The molecule has 0 aliphatic heterocycles. The maximum atomic E-state index is 12.6. The molecule has 0 N–H and O–H groups in total. The number of rotatable bonds is 4. The fourth-order valence-corrected chi connectivity index (χ4v) is 3.27. The number of hydrogen-bond donors (Lipinski definition) is 0. The van der Waals surface area contributed by atoms with Crippen molar-refractivity contribution in [2.45, 2.75) is 19.3 Å². The van der Waals surface area contributed by atoms with E-state index in [9.17, 15) is 9.59 Å². The van der Waals surface area contributed by atoms with Gasteiger partial charge in [0.2, 0.25) is 0 Å². The van der Waals surface area contributed by atoms with E-state index in [0.717, 1.165) is 11.1 Å². The SMILES string of the molecule is CCOC(=O)[C@H]1C(=O)C=C(c2ccco2)C[C@@H]1c1cccc(Cl)c1. The Bertz CT molecular complexity index is 776. The molecule has 2 aromatic rings. The lowest BCUT2D eigenvalue weighted by molar-refractivity contribution is -0.151. The van der Waals surface area contributed by atoms with Crippen LogP contribution in [0.3, 0.4) is 0 Å². The van der Waals surface area contributed by atoms with Crippen LogP contribution in [-0.2, 0) is 14.3 Å². The average molecular weight is 345 g/mol. The summed E-state index contributed by atoms with van der Waals surface area (Å²) in [6.07, 6.45) is 3.55. The Balaban J connectivity index is 2.02. The van der Waals surface area contributed by atoms with Gasteiger partial charge in [0.15, 0.2) is 5.78 Å². The molecule has 24 heavy (non-hydrogen) atoms. The molecule has 5 heteroatoms. The number of halogens is 1. The van der Waals surface area contributed by atoms with Gasteiger partial charge in [-0.05, 0) is 54.8 Å². The Hall–Kier alpha value is -2.33. The molecule has 1 aliphatic rings. The number of hydrogen-bond acceptors (Lipinski definition) is 4. The number of carbonyl (C=O) groups excluding carboxylic acids is 2. The van der Waals surface area contributed by atoms with Gasteiger partial charge in [0.25, 0.3) is 0 Å². The van der Waals surface area contributed by atoms with Crippen LogP contribution < -0.4 is 0 Å². The lowest BCUT2D eigenvalue weighted by Gasteiger charge is -2.28. The van der Waals surface area contributed by atoms with Crippen LogP contribution in [0.25, 0.3) is 5.57 Å². The van der Waals surface area contributed by atoms with E-state index in [4.69, 9.17) is 20.8 Å². The molecule has 3 rings (SSSR count). The first kappa shape index (κ1) is 16.5. The molecule has 4 nitrogen and oxygen atoms in total. The topological polar surface area (TPSA) is 56.5 Å². The second-order valence-corrected chi connectivity index (χ2v) is 6.08. The van der Waals surface area contributed by atoms with Crippen molar-refractivity contribution in [3.8, 4) is 0 Å². The van der Waals surface area contributed by atoms with Crippen molar-refractivity contribution in [1.29, 1.82) is 0 Å². The van der Waals surface area contributed by atoms with Crippen LogP contribution in [0, 0.1) is 5.92 Å². The minimum atomic E-state index is -0.859. The predicted molar refractivity (Wildman–Crippen MR) is 90.6 cm³/mol. The van der Waals surface area contributed by atoms with Crippen LogP contribution in [0.15, 0.2) is 53.2 Å². The van der Waals surface area contributed by atoms with Crippen molar-refractivity contribution in [2.24, 2.45) is 5.92 Å². The molecule has 1 aromatic carbocycles.